The predicted molar refractivity (Wildman–Crippen MR) is 68.7 cm³/mol. The van der Waals surface area contributed by atoms with Crippen LogP contribution in [-0.2, 0) is 11.0 Å². The number of primary amides is 1. The maximum absolute atomic E-state index is 13.1. The van der Waals surface area contributed by atoms with Crippen LogP contribution in [0.1, 0.15) is 30.0 Å². The molecule has 20 heavy (non-hydrogen) atoms. The van der Waals surface area contributed by atoms with Gasteiger partial charge in [-0.15, -0.1) is 0 Å². The lowest BCUT2D eigenvalue weighted by atomic mass is 9.85. The molecule has 2 N–H and O–H groups in total. The highest BCUT2D eigenvalue weighted by molar-refractivity contribution is 5.76. The van der Waals surface area contributed by atoms with Crippen molar-refractivity contribution in [2.24, 2.45) is 11.7 Å². The van der Waals surface area contributed by atoms with Gasteiger partial charge in [0.2, 0.25) is 5.91 Å². The Morgan fingerprint density at radius 3 is 2.60 bits per heavy atom. The number of hydrogen-bond acceptors (Lipinski definition) is 2. The molecular formula is C14H17F3N2O. The van der Waals surface area contributed by atoms with Crippen LogP contribution in [0.3, 0.4) is 0 Å². The van der Waals surface area contributed by atoms with E-state index in [-0.39, 0.29) is 11.5 Å². The summed E-state index contributed by atoms with van der Waals surface area (Å²) in [5.74, 6) is -0.801. The summed E-state index contributed by atoms with van der Waals surface area (Å²) in [6.45, 7) is 0.560. The summed E-state index contributed by atoms with van der Waals surface area (Å²) >= 11 is 0. The van der Waals surface area contributed by atoms with Crippen molar-refractivity contribution < 1.29 is 18.0 Å². The van der Waals surface area contributed by atoms with Crippen molar-refractivity contribution in [2.45, 2.75) is 25.1 Å². The third-order valence-corrected chi connectivity index (χ3v) is 3.90. The minimum atomic E-state index is -4.39. The summed E-state index contributed by atoms with van der Waals surface area (Å²) in [6, 6.07) is 5.09. The second-order valence-corrected chi connectivity index (χ2v) is 5.21. The number of benzene rings is 1. The van der Waals surface area contributed by atoms with Crippen LogP contribution in [0.15, 0.2) is 24.3 Å². The molecule has 0 saturated carbocycles. The third-order valence-electron chi connectivity index (χ3n) is 3.90. The van der Waals surface area contributed by atoms with Crippen LogP contribution in [0.5, 0.6) is 0 Å². The first-order chi connectivity index (χ1) is 9.30. The molecule has 0 aromatic heterocycles. The van der Waals surface area contributed by atoms with Crippen molar-refractivity contribution in [3.05, 3.63) is 35.4 Å². The van der Waals surface area contributed by atoms with Gasteiger partial charge in [0, 0.05) is 12.0 Å². The topological polar surface area (TPSA) is 46.3 Å². The van der Waals surface area contributed by atoms with Gasteiger partial charge in [-0.1, -0.05) is 18.2 Å². The highest BCUT2D eigenvalue weighted by Crippen LogP contribution is 2.40. The van der Waals surface area contributed by atoms with Crippen molar-refractivity contribution in [2.75, 3.05) is 13.6 Å². The smallest absolute Gasteiger partial charge is 0.369 e. The molecule has 1 aliphatic rings. The quantitative estimate of drug-likeness (QED) is 0.908. The Bertz CT molecular complexity index is 501. The molecule has 2 rings (SSSR count). The Balaban J connectivity index is 2.37. The van der Waals surface area contributed by atoms with E-state index < -0.39 is 23.7 Å². The molecular weight excluding hydrogens is 269 g/mol. The van der Waals surface area contributed by atoms with E-state index in [0.29, 0.717) is 19.4 Å². The number of amides is 1. The van der Waals surface area contributed by atoms with E-state index in [9.17, 15) is 18.0 Å². The molecule has 110 valence electrons. The number of carbonyl (C=O) groups is 1. The van der Waals surface area contributed by atoms with Crippen molar-refractivity contribution in [1.82, 2.24) is 4.90 Å². The molecule has 1 amide bonds. The first-order valence-electron chi connectivity index (χ1n) is 6.46. The maximum atomic E-state index is 13.1. The molecule has 1 aromatic rings. The van der Waals surface area contributed by atoms with Crippen LogP contribution in [0, 0.1) is 5.92 Å². The van der Waals surface area contributed by atoms with Gasteiger partial charge in [0.25, 0.3) is 0 Å². The van der Waals surface area contributed by atoms with Crippen LogP contribution in [0.4, 0.5) is 13.2 Å². The summed E-state index contributed by atoms with van der Waals surface area (Å²) < 4.78 is 39.2. The molecule has 2 atom stereocenters. The molecule has 0 spiro atoms. The molecule has 2 unspecified atom stereocenters. The zero-order chi connectivity index (χ0) is 14.9. The Morgan fingerprint density at radius 2 is 2.00 bits per heavy atom. The van der Waals surface area contributed by atoms with Gasteiger partial charge in [-0.25, -0.2) is 0 Å². The second kappa shape index (κ2) is 5.44. The number of piperidine rings is 1. The van der Waals surface area contributed by atoms with E-state index in [1.54, 1.807) is 13.1 Å². The number of hydrogen-bond donors (Lipinski definition) is 1. The zero-order valence-corrected chi connectivity index (χ0v) is 11.2. The lowest BCUT2D eigenvalue weighted by Crippen LogP contribution is -2.39. The summed E-state index contributed by atoms with van der Waals surface area (Å²) in [5, 5.41) is 0. The number of nitrogens with zero attached hydrogens (tertiary/aromatic N) is 1. The van der Waals surface area contributed by atoms with E-state index in [1.165, 1.54) is 12.1 Å². The summed E-state index contributed by atoms with van der Waals surface area (Å²) in [5.41, 5.74) is 4.88. The fourth-order valence-corrected chi connectivity index (χ4v) is 2.75. The first kappa shape index (κ1) is 14.8. The minimum Gasteiger partial charge on any atom is -0.369 e. The van der Waals surface area contributed by atoms with E-state index >= 15 is 0 Å². The first-order valence-corrected chi connectivity index (χ1v) is 6.46. The van der Waals surface area contributed by atoms with Crippen molar-refractivity contribution in [1.29, 1.82) is 0 Å². The van der Waals surface area contributed by atoms with E-state index in [2.05, 4.69) is 0 Å². The van der Waals surface area contributed by atoms with E-state index in [0.717, 1.165) is 6.07 Å². The van der Waals surface area contributed by atoms with Crippen LogP contribution in [-0.4, -0.2) is 24.4 Å². The molecule has 1 saturated heterocycles. The molecule has 0 bridgehead atoms. The van der Waals surface area contributed by atoms with Crippen LogP contribution in [0.25, 0.3) is 0 Å². The SMILES string of the molecule is CN1CCC(C(N)=O)CC1c1ccccc1C(F)(F)F. The molecule has 6 heteroatoms. The fourth-order valence-electron chi connectivity index (χ4n) is 2.75. The van der Waals surface area contributed by atoms with Gasteiger partial charge in [-0.05, 0) is 38.1 Å². The Kier molecular flexibility index (Phi) is 4.04. The number of carbonyl (C=O) groups excluding carboxylic acids is 1. The Morgan fingerprint density at radius 1 is 1.35 bits per heavy atom. The number of rotatable bonds is 2. The molecule has 0 radical (unpaired) electrons. The highest BCUT2D eigenvalue weighted by Gasteiger charge is 2.38. The van der Waals surface area contributed by atoms with E-state index in [4.69, 9.17) is 5.73 Å². The van der Waals surface area contributed by atoms with Gasteiger partial charge in [0.1, 0.15) is 0 Å². The Labute approximate surface area is 115 Å². The summed E-state index contributed by atoms with van der Waals surface area (Å²) in [4.78, 5) is 13.2. The van der Waals surface area contributed by atoms with Crippen molar-refractivity contribution >= 4 is 5.91 Å². The molecule has 1 aliphatic heterocycles. The maximum Gasteiger partial charge on any atom is 0.416 e. The van der Waals surface area contributed by atoms with Crippen molar-refractivity contribution in [3.63, 3.8) is 0 Å². The van der Waals surface area contributed by atoms with E-state index in [1.807, 2.05) is 4.90 Å². The monoisotopic (exact) mass is 286 g/mol. The molecule has 1 aromatic carbocycles. The molecule has 0 aliphatic carbocycles. The van der Waals surface area contributed by atoms with Gasteiger partial charge in [0.15, 0.2) is 0 Å². The summed E-state index contributed by atoms with van der Waals surface area (Å²) in [6.07, 6.45) is -3.47. The third kappa shape index (κ3) is 2.95. The second-order valence-electron chi connectivity index (χ2n) is 5.21. The van der Waals surface area contributed by atoms with Crippen LogP contribution >= 0.6 is 0 Å². The van der Waals surface area contributed by atoms with Gasteiger partial charge in [-0.3, -0.25) is 9.69 Å². The normalized spacial score (nSPS) is 24.6. The number of halogens is 3. The Hall–Kier alpha value is -1.56. The predicted octanol–water partition coefficient (Wildman–Crippen LogP) is 2.57. The number of likely N-dealkylation sites (tertiary alicyclic amines) is 1. The lowest BCUT2D eigenvalue weighted by Gasteiger charge is -2.37. The standard InChI is InChI=1S/C14H17F3N2O/c1-19-7-6-9(13(18)20)8-12(19)10-4-2-3-5-11(10)14(15,16)17/h2-5,9,12H,6-8H2,1H3,(H2,18,20). The highest BCUT2D eigenvalue weighted by atomic mass is 19.4. The molecule has 1 heterocycles. The van der Waals surface area contributed by atoms with Crippen LogP contribution in [0.2, 0.25) is 0 Å². The fraction of sp³-hybridized carbons (Fsp3) is 0.500. The average molecular weight is 286 g/mol. The van der Waals surface area contributed by atoms with Crippen LogP contribution < -0.4 is 5.73 Å². The molecule has 1 fully saturated rings. The largest absolute Gasteiger partial charge is 0.416 e. The summed E-state index contributed by atoms with van der Waals surface area (Å²) in [7, 11) is 1.77. The van der Waals surface area contributed by atoms with Gasteiger partial charge in [0.05, 0.1) is 5.56 Å². The number of alkyl halides is 3. The zero-order valence-electron chi connectivity index (χ0n) is 11.2. The minimum absolute atomic E-state index is 0.216. The lowest BCUT2D eigenvalue weighted by molar-refractivity contribution is -0.139. The number of nitrogens with two attached hydrogens (primary N) is 1. The molecule has 3 nitrogen and oxygen atoms in total. The van der Waals surface area contributed by atoms with Crippen molar-refractivity contribution in [3.8, 4) is 0 Å². The van der Waals surface area contributed by atoms with Gasteiger partial charge >= 0.3 is 6.18 Å². The average Bonchev–Trinajstić information content (AvgIpc) is 2.38. The van der Waals surface area contributed by atoms with Gasteiger partial charge < -0.3 is 5.73 Å². The van der Waals surface area contributed by atoms with Gasteiger partial charge in [-0.2, -0.15) is 13.2 Å².